The standard InChI is InChI=1S/C29H31F3N6/c1-21-8-9-22(2)26(20-21)36-16-18-37(19-17-36)27(24-10-12-25(13-11-24)29(30,31)32)28-33-34-35-38(28)15-14-23-6-4-3-5-7-23/h3-13,20,27H,14-19H2,1-2H3. The van der Waals surface area contributed by atoms with E-state index >= 15 is 0 Å². The average molecular weight is 521 g/mol. The quantitative estimate of drug-likeness (QED) is 0.324. The van der Waals surface area contributed by atoms with Crippen molar-refractivity contribution in [3.8, 4) is 0 Å². The number of piperazine rings is 1. The Morgan fingerprint density at radius 3 is 2.26 bits per heavy atom. The molecular formula is C29H31F3N6. The Bertz CT molecular complexity index is 1340. The summed E-state index contributed by atoms with van der Waals surface area (Å²) in [4.78, 5) is 4.65. The second-order valence-corrected chi connectivity index (χ2v) is 9.83. The lowest BCUT2D eigenvalue weighted by molar-refractivity contribution is -0.137. The predicted octanol–water partition coefficient (Wildman–Crippen LogP) is 5.46. The maximum absolute atomic E-state index is 13.3. The van der Waals surface area contributed by atoms with E-state index in [0.717, 1.165) is 50.3 Å². The zero-order valence-electron chi connectivity index (χ0n) is 21.6. The number of aromatic nitrogens is 4. The summed E-state index contributed by atoms with van der Waals surface area (Å²) < 4.78 is 41.6. The van der Waals surface area contributed by atoms with Crippen LogP contribution in [0.15, 0.2) is 72.8 Å². The molecule has 3 aromatic carbocycles. The lowest BCUT2D eigenvalue weighted by Gasteiger charge is -2.40. The number of nitrogens with zero attached hydrogens (tertiary/aromatic N) is 6. The van der Waals surface area contributed by atoms with E-state index in [1.165, 1.54) is 22.4 Å². The minimum atomic E-state index is -4.39. The van der Waals surface area contributed by atoms with Gasteiger partial charge in [-0.1, -0.05) is 54.6 Å². The Balaban J connectivity index is 1.42. The maximum atomic E-state index is 13.3. The number of tetrazole rings is 1. The number of alkyl halides is 3. The molecule has 2 heterocycles. The molecule has 4 aromatic rings. The number of rotatable bonds is 7. The van der Waals surface area contributed by atoms with Crippen LogP contribution >= 0.6 is 0 Å². The fourth-order valence-corrected chi connectivity index (χ4v) is 5.11. The van der Waals surface area contributed by atoms with Crippen LogP contribution in [-0.4, -0.2) is 51.3 Å². The lowest BCUT2D eigenvalue weighted by Crippen LogP contribution is -2.48. The molecule has 198 valence electrons. The van der Waals surface area contributed by atoms with Crippen LogP contribution in [0.2, 0.25) is 0 Å². The largest absolute Gasteiger partial charge is 0.416 e. The molecule has 0 N–H and O–H groups in total. The van der Waals surface area contributed by atoms with E-state index in [0.29, 0.717) is 12.4 Å². The summed E-state index contributed by atoms with van der Waals surface area (Å²) in [6.07, 6.45) is -3.64. The summed E-state index contributed by atoms with van der Waals surface area (Å²) in [5, 5.41) is 12.6. The molecule has 1 fully saturated rings. The Hall–Kier alpha value is -3.72. The van der Waals surface area contributed by atoms with Crippen LogP contribution in [-0.2, 0) is 19.1 Å². The Labute approximate surface area is 220 Å². The van der Waals surface area contributed by atoms with Crippen molar-refractivity contribution >= 4 is 5.69 Å². The smallest absolute Gasteiger partial charge is 0.369 e. The topological polar surface area (TPSA) is 50.1 Å². The van der Waals surface area contributed by atoms with Gasteiger partial charge in [-0.25, -0.2) is 4.68 Å². The number of hydrogen-bond acceptors (Lipinski definition) is 5. The van der Waals surface area contributed by atoms with Crippen LogP contribution in [0.5, 0.6) is 0 Å². The van der Waals surface area contributed by atoms with Crippen LogP contribution in [0.25, 0.3) is 0 Å². The van der Waals surface area contributed by atoms with Crippen molar-refractivity contribution in [3.63, 3.8) is 0 Å². The van der Waals surface area contributed by atoms with Gasteiger partial charge >= 0.3 is 6.18 Å². The van der Waals surface area contributed by atoms with Crippen molar-refractivity contribution in [1.82, 2.24) is 25.1 Å². The highest BCUT2D eigenvalue weighted by molar-refractivity contribution is 5.55. The van der Waals surface area contributed by atoms with Crippen LogP contribution < -0.4 is 4.90 Å². The molecule has 1 saturated heterocycles. The minimum absolute atomic E-state index is 0.358. The van der Waals surface area contributed by atoms with Crippen LogP contribution in [0.4, 0.5) is 18.9 Å². The SMILES string of the molecule is Cc1ccc(C)c(N2CCN(C(c3ccc(C(F)(F)F)cc3)c3nnnn3CCc3ccccc3)CC2)c1. The predicted molar refractivity (Wildman–Crippen MR) is 141 cm³/mol. The Morgan fingerprint density at radius 1 is 0.868 bits per heavy atom. The first-order valence-electron chi connectivity index (χ1n) is 12.8. The van der Waals surface area contributed by atoms with Crippen molar-refractivity contribution in [3.05, 3.63) is 106 Å². The zero-order chi connectivity index (χ0) is 26.7. The molecule has 0 radical (unpaired) electrons. The van der Waals surface area contributed by atoms with Crippen LogP contribution in [0, 0.1) is 13.8 Å². The van der Waals surface area contributed by atoms with Gasteiger partial charge in [0.1, 0.15) is 0 Å². The van der Waals surface area contributed by atoms with E-state index in [4.69, 9.17) is 0 Å². The number of aryl methyl sites for hydroxylation is 4. The van der Waals surface area contributed by atoms with Gasteiger partial charge < -0.3 is 4.90 Å². The van der Waals surface area contributed by atoms with E-state index in [9.17, 15) is 13.2 Å². The monoisotopic (exact) mass is 520 g/mol. The highest BCUT2D eigenvalue weighted by Gasteiger charge is 2.33. The van der Waals surface area contributed by atoms with E-state index in [1.807, 2.05) is 18.2 Å². The Kier molecular flexibility index (Phi) is 7.46. The normalized spacial score (nSPS) is 15.6. The van der Waals surface area contributed by atoms with Gasteiger partial charge in [0.25, 0.3) is 0 Å². The fourth-order valence-electron chi connectivity index (χ4n) is 5.11. The number of halogens is 3. The number of anilines is 1. The molecule has 0 aliphatic carbocycles. The molecule has 1 aliphatic rings. The van der Waals surface area contributed by atoms with E-state index in [1.54, 1.807) is 16.8 Å². The molecular weight excluding hydrogens is 489 g/mol. The average Bonchev–Trinajstić information content (AvgIpc) is 3.38. The summed E-state index contributed by atoms with van der Waals surface area (Å²) in [6.45, 7) is 7.84. The van der Waals surface area contributed by atoms with Crippen molar-refractivity contribution in [2.45, 2.75) is 39.0 Å². The van der Waals surface area contributed by atoms with Gasteiger partial charge in [-0.15, -0.1) is 5.10 Å². The third kappa shape index (κ3) is 5.72. The fraction of sp³-hybridized carbons (Fsp3) is 0.345. The molecule has 38 heavy (non-hydrogen) atoms. The molecule has 1 aliphatic heterocycles. The summed E-state index contributed by atoms with van der Waals surface area (Å²) >= 11 is 0. The first kappa shape index (κ1) is 25.9. The molecule has 1 unspecified atom stereocenters. The third-order valence-electron chi connectivity index (χ3n) is 7.20. The van der Waals surface area contributed by atoms with Crippen LogP contribution in [0.1, 0.15) is 39.7 Å². The maximum Gasteiger partial charge on any atom is 0.416 e. The first-order valence-corrected chi connectivity index (χ1v) is 12.8. The summed E-state index contributed by atoms with van der Waals surface area (Å²) in [6, 6.07) is 21.6. The van der Waals surface area contributed by atoms with Gasteiger partial charge in [0.05, 0.1) is 11.6 Å². The van der Waals surface area contributed by atoms with Gasteiger partial charge in [0, 0.05) is 38.4 Å². The van der Waals surface area contributed by atoms with Gasteiger partial charge in [0.2, 0.25) is 0 Å². The molecule has 0 amide bonds. The minimum Gasteiger partial charge on any atom is -0.369 e. The first-order chi connectivity index (χ1) is 18.3. The Morgan fingerprint density at radius 2 is 1.58 bits per heavy atom. The van der Waals surface area contributed by atoms with Crippen molar-refractivity contribution in [1.29, 1.82) is 0 Å². The van der Waals surface area contributed by atoms with Crippen molar-refractivity contribution in [2.75, 3.05) is 31.1 Å². The van der Waals surface area contributed by atoms with E-state index in [-0.39, 0.29) is 6.04 Å². The second kappa shape index (κ2) is 10.9. The molecule has 6 nitrogen and oxygen atoms in total. The molecule has 1 atom stereocenters. The third-order valence-corrected chi connectivity index (χ3v) is 7.20. The van der Waals surface area contributed by atoms with E-state index in [2.05, 4.69) is 69.5 Å². The van der Waals surface area contributed by atoms with Gasteiger partial charge in [-0.2, -0.15) is 13.2 Å². The van der Waals surface area contributed by atoms with Gasteiger partial charge in [0.15, 0.2) is 5.82 Å². The zero-order valence-corrected chi connectivity index (χ0v) is 21.6. The molecule has 5 rings (SSSR count). The molecule has 1 aromatic heterocycles. The summed E-state index contributed by atoms with van der Waals surface area (Å²) in [7, 11) is 0. The molecule has 9 heteroatoms. The second-order valence-electron chi connectivity index (χ2n) is 9.83. The van der Waals surface area contributed by atoms with Gasteiger partial charge in [-0.3, -0.25) is 4.90 Å². The van der Waals surface area contributed by atoms with Crippen molar-refractivity contribution < 1.29 is 13.2 Å². The van der Waals surface area contributed by atoms with E-state index < -0.39 is 11.7 Å². The van der Waals surface area contributed by atoms with Gasteiger partial charge in [-0.05, 0) is 71.1 Å². The molecule has 0 spiro atoms. The van der Waals surface area contributed by atoms with Crippen molar-refractivity contribution in [2.24, 2.45) is 0 Å². The highest BCUT2D eigenvalue weighted by atomic mass is 19.4. The molecule has 0 saturated carbocycles. The lowest BCUT2D eigenvalue weighted by atomic mass is 10.0. The summed E-state index contributed by atoms with van der Waals surface area (Å²) in [5.41, 5.74) is 4.92. The molecule has 0 bridgehead atoms. The highest BCUT2D eigenvalue weighted by Crippen LogP contribution is 2.34. The number of hydrogen-bond donors (Lipinski definition) is 0. The number of benzene rings is 3. The summed E-state index contributed by atoms with van der Waals surface area (Å²) in [5.74, 6) is 0.640. The van der Waals surface area contributed by atoms with Crippen LogP contribution in [0.3, 0.4) is 0 Å².